The Bertz CT molecular complexity index is 411. The lowest BCUT2D eigenvalue weighted by Gasteiger charge is -2.37. The van der Waals surface area contributed by atoms with Gasteiger partial charge in [-0.2, -0.15) is 0 Å². The minimum absolute atomic E-state index is 0.176. The van der Waals surface area contributed by atoms with Crippen LogP contribution >= 0.6 is 0 Å². The fourth-order valence-electron chi connectivity index (χ4n) is 2.26. The average molecular weight is 281 g/mol. The first-order chi connectivity index (χ1) is 9.12. The molecule has 1 rings (SSSR count). The number of halogens is 1. The summed E-state index contributed by atoms with van der Waals surface area (Å²) in [5, 5.41) is 0. The molecule has 0 fully saturated rings. The van der Waals surface area contributed by atoms with Crippen molar-refractivity contribution in [3.8, 4) is 0 Å². The zero-order valence-electron chi connectivity index (χ0n) is 13.5. The van der Waals surface area contributed by atoms with Crippen LogP contribution in [0.1, 0.15) is 46.4 Å². The summed E-state index contributed by atoms with van der Waals surface area (Å²) in [7, 11) is 2.12. The van der Waals surface area contributed by atoms with Crippen LogP contribution in [0, 0.1) is 17.2 Å². The van der Waals surface area contributed by atoms with Crippen LogP contribution in [0.4, 0.5) is 4.39 Å². The summed E-state index contributed by atoms with van der Waals surface area (Å²) in [6.07, 6.45) is 1.23. The Labute approximate surface area is 122 Å². The molecule has 0 aromatic carbocycles. The van der Waals surface area contributed by atoms with Gasteiger partial charge in [0.2, 0.25) is 0 Å². The van der Waals surface area contributed by atoms with E-state index in [1.807, 2.05) is 0 Å². The number of nitrogens with two attached hydrogens (primary N) is 1. The van der Waals surface area contributed by atoms with E-state index in [-0.39, 0.29) is 23.2 Å². The minimum atomic E-state index is -0.327. The largest absolute Gasteiger partial charge is 0.322 e. The van der Waals surface area contributed by atoms with Crippen LogP contribution in [-0.4, -0.2) is 29.5 Å². The maximum Gasteiger partial charge on any atom is 0.141 e. The Morgan fingerprint density at radius 2 is 1.90 bits per heavy atom. The molecule has 4 heteroatoms. The third-order valence-corrected chi connectivity index (χ3v) is 4.20. The van der Waals surface area contributed by atoms with Gasteiger partial charge in [0.25, 0.3) is 0 Å². The van der Waals surface area contributed by atoms with Crippen LogP contribution in [0.2, 0.25) is 0 Å². The highest BCUT2D eigenvalue weighted by Crippen LogP contribution is 2.25. The summed E-state index contributed by atoms with van der Waals surface area (Å²) in [6, 6.07) is 3.36. The van der Waals surface area contributed by atoms with Crippen LogP contribution in [0.15, 0.2) is 18.3 Å². The van der Waals surface area contributed by atoms with Crippen LogP contribution in [0.5, 0.6) is 0 Å². The first-order valence-electron chi connectivity index (χ1n) is 7.20. The highest BCUT2D eigenvalue weighted by atomic mass is 19.1. The summed E-state index contributed by atoms with van der Waals surface area (Å²) in [6.45, 7) is 11.9. The van der Waals surface area contributed by atoms with E-state index in [9.17, 15) is 4.39 Å². The fourth-order valence-corrected chi connectivity index (χ4v) is 2.26. The molecule has 1 heterocycles. The third kappa shape index (κ3) is 4.53. The molecule has 0 saturated heterocycles. The molecule has 0 aliphatic rings. The second-order valence-electron chi connectivity index (χ2n) is 6.89. The van der Waals surface area contributed by atoms with Crippen molar-refractivity contribution in [2.45, 2.75) is 46.7 Å². The van der Waals surface area contributed by atoms with Crippen LogP contribution < -0.4 is 5.73 Å². The van der Waals surface area contributed by atoms with Gasteiger partial charge in [0.15, 0.2) is 0 Å². The summed E-state index contributed by atoms with van der Waals surface area (Å²) >= 11 is 0. The first kappa shape index (κ1) is 17.1. The second kappa shape index (κ2) is 6.64. The van der Waals surface area contributed by atoms with Gasteiger partial charge in [-0.3, -0.25) is 4.98 Å². The van der Waals surface area contributed by atoms with Crippen molar-refractivity contribution in [1.29, 1.82) is 0 Å². The molecule has 0 radical (unpaired) electrons. The standard InChI is InChI=1S/C16H28FN3/c1-11(10-20(6)12(2)16(3,4)5)15(18)14-8-7-13(17)9-19-14/h7-9,11-12,15H,10,18H2,1-6H3. The molecule has 1 aromatic heterocycles. The third-order valence-electron chi connectivity index (χ3n) is 4.20. The smallest absolute Gasteiger partial charge is 0.141 e. The van der Waals surface area contributed by atoms with E-state index >= 15 is 0 Å². The summed E-state index contributed by atoms with van der Waals surface area (Å²) in [5.74, 6) is -0.0742. The van der Waals surface area contributed by atoms with Crippen molar-refractivity contribution < 1.29 is 4.39 Å². The summed E-state index contributed by atoms with van der Waals surface area (Å²) < 4.78 is 12.9. The SMILES string of the molecule is CC(CN(C)C(C)C(C)(C)C)C(N)c1ccc(F)cn1. The minimum Gasteiger partial charge on any atom is -0.322 e. The molecule has 0 bridgehead atoms. The zero-order chi connectivity index (χ0) is 15.5. The quantitative estimate of drug-likeness (QED) is 0.901. The van der Waals surface area contributed by atoms with Crippen molar-refractivity contribution in [3.05, 3.63) is 29.8 Å². The Hall–Kier alpha value is -1.00. The van der Waals surface area contributed by atoms with E-state index in [0.717, 1.165) is 12.2 Å². The lowest BCUT2D eigenvalue weighted by Crippen LogP contribution is -2.43. The van der Waals surface area contributed by atoms with E-state index in [2.05, 4.69) is 51.6 Å². The van der Waals surface area contributed by atoms with Gasteiger partial charge in [0.05, 0.1) is 17.9 Å². The highest BCUT2D eigenvalue weighted by Gasteiger charge is 2.26. The number of hydrogen-bond donors (Lipinski definition) is 1. The maximum absolute atomic E-state index is 12.9. The molecular formula is C16H28FN3. The van der Waals surface area contributed by atoms with Gasteiger partial charge in [0.1, 0.15) is 5.82 Å². The predicted molar refractivity (Wildman–Crippen MR) is 81.8 cm³/mol. The van der Waals surface area contributed by atoms with E-state index in [1.54, 1.807) is 6.07 Å². The van der Waals surface area contributed by atoms with Gasteiger partial charge in [-0.1, -0.05) is 27.7 Å². The first-order valence-corrected chi connectivity index (χ1v) is 7.20. The molecule has 0 aliphatic heterocycles. The molecular weight excluding hydrogens is 253 g/mol. The Kier molecular flexibility index (Phi) is 5.66. The lowest BCUT2D eigenvalue weighted by molar-refractivity contribution is 0.120. The van der Waals surface area contributed by atoms with Crippen LogP contribution in [0.3, 0.4) is 0 Å². The fraction of sp³-hybridized carbons (Fsp3) is 0.688. The molecule has 0 aliphatic carbocycles. The van der Waals surface area contributed by atoms with Crippen LogP contribution in [-0.2, 0) is 0 Å². The number of rotatable bonds is 5. The molecule has 2 N–H and O–H groups in total. The van der Waals surface area contributed by atoms with Gasteiger partial charge < -0.3 is 10.6 Å². The molecule has 20 heavy (non-hydrogen) atoms. The number of pyridine rings is 1. The maximum atomic E-state index is 12.9. The molecule has 0 spiro atoms. The lowest BCUT2D eigenvalue weighted by atomic mass is 9.86. The molecule has 3 atom stereocenters. The van der Waals surface area contributed by atoms with Gasteiger partial charge in [-0.05, 0) is 37.4 Å². The van der Waals surface area contributed by atoms with E-state index < -0.39 is 0 Å². The average Bonchev–Trinajstić information content (AvgIpc) is 2.36. The molecule has 0 amide bonds. The number of hydrogen-bond acceptors (Lipinski definition) is 3. The monoisotopic (exact) mass is 281 g/mol. The molecule has 3 unspecified atom stereocenters. The van der Waals surface area contributed by atoms with Crippen molar-refractivity contribution in [2.24, 2.45) is 17.1 Å². The second-order valence-corrected chi connectivity index (χ2v) is 6.89. The Morgan fingerprint density at radius 3 is 2.35 bits per heavy atom. The van der Waals surface area contributed by atoms with Crippen molar-refractivity contribution >= 4 is 0 Å². The number of aromatic nitrogens is 1. The van der Waals surface area contributed by atoms with Gasteiger partial charge >= 0.3 is 0 Å². The normalized spacial score (nSPS) is 17.1. The molecule has 1 aromatic rings. The summed E-state index contributed by atoms with van der Waals surface area (Å²) in [5.41, 5.74) is 7.21. The Morgan fingerprint density at radius 1 is 1.30 bits per heavy atom. The van der Waals surface area contributed by atoms with Gasteiger partial charge in [-0.25, -0.2) is 4.39 Å². The number of nitrogens with zero attached hydrogens (tertiary/aromatic N) is 2. The topological polar surface area (TPSA) is 42.1 Å². The van der Waals surface area contributed by atoms with Gasteiger partial charge in [0, 0.05) is 12.6 Å². The zero-order valence-corrected chi connectivity index (χ0v) is 13.5. The molecule has 3 nitrogen and oxygen atoms in total. The van der Waals surface area contributed by atoms with Gasteiger partial charge in [-0.15, -0.1) is 0 Å². The highest BCUT2D eigenvalue weighted by molar-refractivity contribution is 5.10. The molecule has 0 saturated carbocycles. The van der Waals surface area contributed by atoms with E-state index in [4.69, 9.17) is 5.73 Å². The van der Waals surface area contributed by atoms with Crippen molar-refractivity contribution in [2.75, 3.05) is 13.6 Å². The van der Waals surface area contributed by atoms with Crippen molar-refractivity contribution in [1.82, 2.24) is 9.88 Å². The van der Waals surface area contributed by atoms with Crippen molar-refractivity contribution in [3.63, 3.8) is 0 Å². The predicted octanol–water partition coefficient (Wildman–Crippen LogP) is 3.22. The van der Waals surface area contributed by atoms with E-state index in [0.29, 0.717) is 6.04 Å². The van der Waals surface area contributed by atoms with E-state index in [1.165, 1.54) is 12.3 Å². The summed E-state index contributed by atoms with van der Waals surface area (Å²) in [4.78, 5) is 6.41. The van der Waals surface area contributed by atoms with Crippen LogP contribution in [0.25, 0.3) is 0 Å². The Balaban J connectivity index is 2.66. The molecule has 114 valence electrons.